The molecule has 1 rings (SSSR count). The Morgan fingerprint density at radius 3 is 2.83 bits per heavy atom. The Morgan fingerprint density at radius 2 is 2.28 bits per heavy atom. The minimum Gasteiger partial charge on any atom is -0.477 e. The van der Waals surface area contributed by atoms with E-state index in [1.54, 1.807) is 0 Å². The SMILES string of the molecule is CCCOc1c(C(=O)OF)cnn1CC=C(C)C. The lowest BCUT2D eigenvalue weighted by atomic mass is 10.3. The fraction of sp³-hybridized carbons (Fsp3) is 0.500. The molecular formula is C12H17FN2O3. The molecular weight excluding hydrogens is 239 g/mol. The number of carbonyl (C=O) groups excluding carboxylic acids is 1. The number of halogens is 1. The topological polar surface area (TPSA) is 53.4 Å². The van der Waals surface area contributed by atoms with Crippen LogP contribution in [0.4, 0.5) is 4.53 Å². The Morgan fingerprint density at radius 1 is 1.56 bits per heavy atom. The molecule has 0 bridgehead atoms. The van der Waals surface area contributed by atoms with Crippen LogP contribution in [0.25, 0.3) is 0 Å². The first-order valence-electron chi connectivity index (χ1n) is 5.75. The number of hydrogen-bond acceptors (Lipinski definition) is 4. The van der Waals surface area contributed by atoms with Crippen molar-refractivity contribution in [3.05, 3.63) is 23.4 Å². The van der Waals surface area contributed by atoms with E-state index in [0.717, 1.165) is 12.0 Å². The molecule has 0 fully saturated rings. The molecule has 0 unspecified atom stereocenters. The standard InChI is InChI=1S/C12H17FN2O3/c1-4-7-17-11-10(12(16)18-13)8-14-15(11)6-5-9(2)3/h5,8H,4,6-7H2,1-3H3. The van der Waals surface area contributed by atoms with Crippen LogP contribution in [0.3, 0.4) is 0 Å². The first kappa shape index (κ1) is 14.2. The van der Waals surface area contributed by atoms with Crippen molar-refractivity contribution in [3.8, 4) is 5.88 Å². The van der Waals surface area contributed by atoms with Crippen LogP contribution in [0.1, 0.15) is 37.6 Å². The molecule has 0 aliphatic rings. The highest BCUT2D eigenvalue weighted by Crippen LogP contribution is 2.20. The molecule has 1 aromatic heterocycles. The third-order valence-electron chi connectivity index (χ3n) is 2.20. The molecule has 0 aliphatic heterocycles. The summed E-state index contributed by atoms with van der Waals surface area (Å²) in [6.07, 6.45) is 3.94. The average molecular weight is 256 g/mol. The summed E-state index contributed by atoms with van der Waals surface area (Å²) in [5.41, 5.74) is 1.11. The number of carbonyl (C=O) groups is 1. The van der Waals surface area contributed by atoms with Gasteiger partial charge in [0, 0.05) is 4.53 Å². The second kappa shape index (κ2) is 6.78. The van der Waals surface area contributed by atoms with Crippen molar-refractivity contribution in [2.45, 2.75) is 33.7 Å². The van der Waals surface area contributed by atoms with Crippen LogP contribution < -0.4 is 4.74 Å². The Hall–Kier alpha value is -1.85. The molecule has 5 nitrogen and oxygen atoms in total. The van der Waals surface area contributed by atoms with Crippen molar-refractivity contribution in [2.75, 3.05) is 6.61 Å². The molecule has 0 amide bonds. The minimum atomic E-state index is -1.09. The Balaban J connectivity index is 2.98. The third kappa shape index (κ3) is 3.58. The summed E-state index contributed by atoms with van der Waals surface area (Å²) in [5, 5.41) is 3.99. The van der Waals surface area contributed by atoms with Gasteiger partial charge in [-0.3, -0.25) is 0 Å². The molecule has 0 saturated carbocycles. The molecule has 0 radical (unpaired) electrons. The maximum Gasteiger partial charge on any atom is 0.386 e. The van der Waals surface area contributed by atoms with Gasteiger partial charge in [0.2, 0.25) is 5.88 Å². The number of hydrogen-bond donors (Lipinski definition) is 0. The summed E-state index contributed by atoms with van der Waals surface area (Å²) in [6, 6.07) is 0. The molecule has 0 atom stereocenters. The van der Waals surface area contributed by atoms with E-state index in [4.69, 9.17) is 4.74 Å². The number of rotatable bonds is 6. The lowest BCUT2D eigenvalue weighted by Gasteiger charge is -2.08. The first-order valence-corrected chi connectivity index (χ1v) is 5.75. The fourth-order valence-electron chi connectivity index (χ4n) is 1.31. The molecule has 0 aromatic carbocycles. The van der Waals surface area contributed by atoms with Gasteiger partial charge < -0.3 is 4.74 Å². The van der Waals surface area contributed by atoms with E-state index in [0.29, 0.717) is 13.2 Å². The van der Waals surface area contributed by atoms with E-state index in [-0.39, 0.29) is 11.4 Å². The number of ether oxygens (including phenoxy) is 1. The smallest absolute Gasteiger partial charge is 0.386 e. The van der Waals surface area contributed by atoms with E-state index < -0.39 is 5.97 Å². The summed E-state index contributed by atoms with van der Waals surface area (Å²) >= 11 is 0. The molecule has 0 saturated heterocycles. The van der Waals surface area contributed by atoms with E-state index >= 15 is 0 Å². The van der Waals surface area contributed by atoms with Gasteiger partial charge in [-0.15, -0.1) is 0 Å². The molecule has 0 N–H and O–H groups in total. The van der Waals surface area contributed by atoms with Crippen molar-refractivity contribution in [1.29, 1.82) is 0 Å². The van der Waals surface area contributed by atoms with Crippen LogP contribution >= 0.6 is 0 Å². The van der Waals surface area contributed by atoms with Gasteiger partial charge in [0.1, 0.15) is 5.56 Å². The highest BCUT2D eigenvalue weighted by atomic mass is 19.3. The lowest BCUT2D eigenvalue weighted by Crippen LogP contribution is -2.08. The van der Waals surface area contributed by atoms with Gasteiger partial charge in [0.15, 0.2) is 0 Å². The van der Waals surface area contributed by atoms with Gasteiger partial charge in [-0.2, -0.15) is 5.10 Å². The lowest BCUT2D eigenvalue weighted by molar-refractivity contribution is -0.0790. The quantitative estimate of drug-likeness (QED) is 0.734. The van der Waals surface area contributed by atoms with Gasteiger partial charge in [0.05, 0.1) is 19.3 Å². The summed E-state index contributed by atoms with van der Waals surface area (Å²) in [4.78, 5) is 14.4. The maximum atomic E-state index is 11.9. The number of allylic oxidation sites excluding steroid dienone is 2. The Labute approximate surface area is 105 Å². The van der Waals surface area contributed by atoms with Crippen molar-refractivity contribution in [2.24, 2.45) is 0 Å². The van der Waals surface area contributed by atoms with Crippen LogP contribution in [-0.2, 0) is 11.5 Å². The second-order valence-corrected chi connectivity index (χ2v) is 4.04. The Kier molecular flexibility index (Phi) is 5.35. The highest BCUT2D eigenvalue weighted by Gasteiger charge is 2.20. The van der Waals surface area contributed by atoms with Crippen LogP contribution in [0.15, 0.2) is 17.8 Å². The zero-order chi connectivity index (χ0) is 13.5. The molecule has 1 aromatic rings. The normalized spacial score (nSPS) is 10.0. The Bertz CT molecular complexity index is 437. The molecule has 18 heavy (non-hydrogen) atoms. The number of nitrogens with zero attached hydrogens (tertiary/aromatic N) is 2. The molecule has 6 heteroatoms. The summed E-state index contributed by atoms with van der Waals surface area (Å²) in [5.74, 6) is -0.860. The van der Waals surface area contributed by atoms with E-state index in [9.17, 15) is 9.32 Å². The van der Waals surface area contributed by atoms with Crippen molar-refractivity contribution in [3.63, 3.8) is 0 Å². The molecule has 0 spiro atoms. The summed E-state index contributed by atoms with van der Waals surface area (Å²) in [7, 11) is 0. The van der Waals surface area contributed by atoms with E-state index in [2.05, 4.69) is 10.0 Å². The largest absolute Gasteiger partial charge is 0.477 e. The fourth-order valence-corrected chi connectivity index (χ4v) is 1.31. The molecule has 100 valence electrons. The third-order valence-corrected chi connectivity index (χ3v) is 2.20. The van der Waals surface area contributed by atoms with E-state index in [1.807, 2.05) is 26.8 Å². The first-order chi connectivity index (χ1) is 8.60. The van der Waals surface area contributed by atoms with Crippen molar-refractivity contribution in [1.82, 2.24) is 9.78 Å². The zero-order valence-electron chi connectivity index (χ0n) is 10.8. The number of aromatic nitrogens is 2. The van der Waals surface area contributed by atoms with Gasteiger partial charge in [0.25, 0.3) is 0 Å². The van der Waals surface area contributed by atoms with Gasteiger partial charge in [-0.25, -0.2) is 14.4 Å². The van der Waals surface area contributed by atoms with Crippen LogP contribution in [0.2, 0.25) is 0 Å². The zero-order valence-corrected chi connectivity index (χ0v) is 10.8. The molecule has 1 heterocycles. The van der Waals surface area contributed by atoms with Crippen molar-refractivity contribution >= 4 is 5.97 Å². The summed E-state index contributed by atoms with van der Waals surface area (Å²) in [6.45, 7) is 6.72. The predicted octanol–water partition coefficient (Wildman–Crippen LogP) is 2.68. The average Bonchev–Trinajstić information content (AvgIpc) is 2.75. The molecule has 0 aliphatic carbocycles. The van der Waals surface area contributed by atoms with Crippen LogP contribution in [-0.4, -0.2) is 22.4 Å². The van der Waals surface area contributed by atoms with Crippen LogP contribution in [0.5, 0.6) is 5.88 Å². The van der Waals surface area contributed by atoms with Gasteiger partial charge in [-0.1, -0.05) is 18.6 Å². The second-order valence-electron chi connectivity index (χ2n) is 4.04. The van der Waals surface area contributed by atoms with Crippen molar-refractivity contribution < 1.29 is 19.0 Å². The van der Waals surface area contributed by atoms with Crippen LogP contribution in [0, 0.1) is 0 Å². The highest BCUT2D eigenvalue weighted by molar-refractivity contribution is 5.91. The monoisotopic (exact) mass is 256 g/mol. The van der Waals surface area contributed by atoms with Gasteiger partial charge >= 0.3 is 5.97 Å². The summed E-state index contributed by atoms with van der Waals surface area (Å²) < 4.78 is 18.9. The van der Waals surface area contributed by atoms with E-state index in [1.165, 1.54) is 10.9 Å². The maximum absolute atomic E-state index is 11.9. The minimum absolute atomic E-state index is 0.00638. The van der Waals surface area contributed by atoms with Gasteiger partial charge in [-0.05, 0) is 20.3 Å². The predicted molar refractivity (Wildman–Crippen MR) is 64.0 cm³/mol.